The summed E-state index contributed by atoms with van der Waals surface area (Å²) in [6, 6.07) is 0. The molecule has 0 saturated heterocycles. The third-order valence-electron chi connectivity index (χ3n) is 3.82. The number of rotatable bonds is 10. The lowest BCUT2D eigenvalue weighted by Crippen LogP contribution is -2.24. The summed E-state index contributed by atoms with van der Waals surface area (Å²) in [4.78, 5) is 19.6. The van der Waals surface area contributed by atoms with E-state index in [9.17, 15) is 0 Å². The van der Waals surface area contributed by atoms with Crippen molar-refractivity contribution in [3.8, 4) is 0 Å². The first-order chi connectivity index (χ1) is 12.6. The minimum absolute atomic E-state index is 0. The van der Waals surface area contributed by atoms with Crippen LogP contribution in [0.3, 0.4) is 0 Å². The Morgan fingerprint density at radius 3 is 2.25 bits per heavy atom. The molecule has 0 aliphatic heterocycles. The Balaban J connectivity index is 0.00000364. The Morgan fingerprint density at radius 2 is 1.71 bits per heavy atom. The monoisotopic (exact) mass is 484 g/mol. The van der Waals surface area contributed by atoms with E-state index in [2.05, 4.69) is 52.3 Å². The molecule has 0 saturated carbocycles. The van der Waals surface area contributed by atoms with Crippen LogP contribution in [0.5, 0.6) is 0 Å². The number of aryl methyl sites for hydroxylation is 2. The minimum atomic E-state index is 0. The zero-order valence-electron chi connectivity index (χ0n) is 16.7. The van der Waals surface area contributed by atoms with Crippen molar-refractivity contribution >= 4 is 65.3 Å². The molecule has 0 fully saturated rings. The molecule has 0 bridgehead atoms. The van der Waals surface area contributed by atoms with E-state index in [0.29, 0.717) is 5.25 Å². The first kappa shape index (κ1) is 27.5. The normalized spacial score (nSPS) is 12.2. The smallest absolute Gasteiger partial charge is 0.156 e. The van der Waals surface area contributed by atoms with E-state index < -0.39 is 0 Å². The van der Waals surface area contributed by atoms with Crippen molar-refractivity contribution in [2.75, 3.05) is 25.1 Å². The molecule has 2 rings (SSSR count). The highest BCUT2D eigenvalue weighted by atomic mass is 35.5. The second-order valence-corrected chi connectivity index (χ2v) is 9.23. The number of hydrogen-bond acceptors (Lipinski definition) is 6. The summed E-state index contributed by atoms with van der Waals surface area (Å²) in [7, 11) is 0. The largest absolute Gasteiger partial charge is 0.364 e. The van der Waals surface area contributed by atoms with Gasteiger partial charge in [0.15, 0.2) is 5.17 Å². The molecular weight excluding hydrogens is 455 g/mol. The molecule has 1 atom stereocenters. The summed E-state index contributed by atoms with van der Waals surface area (Å²) < 4.78 is 0. The second kappa shape index (κ2) is 15.4. The van der Waals surface area contributed by atoms with Gasteiger partial charge in [0.25, 0.3) is 0 Å². The van der Waals surface area contributed by atoms with Crippen LogP contribution in [0, 0.1) is 13.8 Å². The lowest BCUT2D eigenvalue weighted by atomic mass is 10.4. The van der Waals surface area contributed by atoms with Crippen LogP contribution >= 0.6 is 60.1 Å². The van der Waals surface area contributed by atoms with E-state index in [1.165, 1.54) is 0 Å². The number of hydrogen-bond donors (Lipinski definition) is 3. The number of thioether (sulfide) groups is 3. The van der Waals surface area contributed by atoms with Gasteiger partial charge in [-0.25, -0.2) is 9.97 Å². The number of aliphatic imine (C=N–C) groups is 1. The van der Waals surface area contributed by atoms with Gasteiger partial charge >= 0.3 is 0 Å². The number of aromatic amines is 2. The second-order valence-electron chi connectivity index (χ2n) is 5.90. The van der Waals surface area contributed by atoms with Crippen molar-refractivity contribution in [3.63, 3.8) is 0 Å². The summed E-state index contributed by atoms with van der Waals surface area (Å²) >= 11 is 5.45. The topological polar surface area (TPSA) is 81.8 Å². The van der Waals surface area contributed by atoms with E-state index in [0.717, 1.165) is 58.3 Å². The van der Waals surface area contributed by atoms with Gasteiger partial charge in [0.05, 0.1) is 30.6 Å². The van der Waals surface area contributed by atoms with Crippen LogP contribution in [0.1, 0.15) is 29.7 Å². The van der Waals surface area contributed by atoms with Gasteiger partial charge in [-0.1, -0.05) is 18.7 Å². The van der Waals surface area contributed by atoms with Crippen LogP contribution in [0.4, 0.5) is 0 Å². The Bertz CT molecular complexity index is 692. The molecule has 28 heavy (non-hydrogen) atoms. The van der Waals surface area contributed by atoms with Gasteiger partial charge in [-0.3, -0.25) is 4.99 Å². The van der Waals surface area contributed by atoms with E-state index in [1.807, 2.05) is 23.5 Å². The van der Waals surface area contributed by atoms with Gasteiger partial charge in [0, 0.05) is 40.4 Å². The van der Waals surface area contributed by atoms with Gasteiger partial charge in [-0.2, -0.15) is 23.5 Å². The molecule has 2 aromatic heterocycles. The maximum absolute atomic E-state index is 4.72. The van der Waals surface area contributed by atoms with Crippen LogP contribution in [0.2, 0.25) is 0 Å². The highest BCUT2D eigenvalue weighted by molar-refractivity contribution is 8.13. The summed E-state index contributed by atoms with van der Waals surface area (Å²) in [5, 5.41) is 4.92. The average Bonchev–Trinajstić information content (AvgIpc) is 3.23. The van der Waals surface area contributed by atoms with E-state index >= 15 is 0 Å². The van der Waals surface area contributed by atoms with Gasteiger partial charge < -0.3 is 15.3 Å². The molecule has 0 spiro atoms. The van der Waals surface area contributed by atoms with Crippen molar-refractivity contribution in [1.29, 1.82) is 0 Å². The molecule has 0 amide bonds. The fraction of sp³-hybridized carbons (Fsp3) is 0.588. The van der Waals surface area contributed by atoms with E-state index in [4.69, 9.17) is 4.99 Å². The number of H-pyrrole nitrogens is 2. The van der Waals surface area contributed by atoms with Gasteiger partial charge in [-0.05, 0) is 20.1 Å². The average molecular weight is 486 g/mol. The third kappa shape index (κ3) is 9.82. The fourth-order valence-electron chi connectivity index (χ4n) is 2.14. The van der Waals surface area contributed by atoms with E-state index in [-0.39, 0.29) is 24.8 Å². The highest BCUT2D eigenvalue weighted by Gasteiger charge is 2.07. The zero-order valence-corrected chi connectivity index (χ0v) is 20.7. The zero-order chi connectivity index (χ0) is 18.8. The van der Waals surface area contributed by atoms with Crippen molar-refractivity contribution in [3.05, 3.63) is 35.4 Å². The molecule has 0 radical (unpaired) electrons. The van der Waals surface area contributed by atoms with Crippen LogP contribution in [-0.4, -0.2) is 55.5 Å². The predicted octanol–water partition coefficient (Wildman–Crippen LogP) is 4.46. The summed E-state index contributed by atoms with van der Waals surface area (Å²) in [6.45, 7) is 8.08. The lowest BCUT2D eigenvalue weighted by Gasteiger charge is -2.11. The minimum Gasteiger partial charge on any atom is -0.364 e. The Labute approximate surface area is 192 Å². The first-order valence-electron chi connectivity index (χ1n) is 8.59. The molecular formula is C17H30Cl2N6S3. The van der Waals surface area contributed by atoms with Crippen LogP contribution in [-0.2, 0) is 11.5 Å². The summed E-state index contributed by atoms with van der Waals surface area (Å²) in [6.07, 6.45) is 5.58. The number of aromatic nitrogens is 4. The Kier molecular flexibility index (Phi) is 15.1. The molecule has 11 heteroatoms. The van der Waals surface area contributed by atoms with Crippen LogP contribution < -0.4 is 5.32 Å². The van der Waals surface area contributed by atoms with Crippen molar-refractivity contribution in [2.24, 2.45) is 4.99 Å². The van der Waals surface area contributed by atoms with E-state index in [1.54, 1.807) is 24.4 Å². The fourth-order valence-corrected chi connectivity index (χ4v) is 4.38. The molecule has 0 aliphatic carbocycles. The van der Waals surface area contributed by atoms with Crippen LogP contribution in [0.25, 0.3) is 0 Å². The molecule has 3 N–H and O–H groups in total. The third-order valence-corrected chi connectivity index (χ3v) is 6.61. The first-order valence-corrected chi connectivity index (χ1v) is 12.0. The number of amidine groups is 1. The SMILES string of the molecule is CSC(=NCC(C)SCc1nc[nH]c1C)NCCSCc1nc[nH]c1C.Cl.Cl. The summed E-state index contributed by atoms with van der Waals surface area (Å²) in [5.74, 6) is 2.91. The molecule has 2 heterocycles. The Morgan fingerprint density at radius 1 is 1.11 bits per heavy atom. The quantitative estimate of drug-likeness (QED) is 0.262. The maximum atomic E-state index is 4.72. The molecule has 6 nitrogen and oxygen atoms in total. The molecule has 0 aromatic carbocycles. The van der Waals surface area contributed by atoms with Crippen molar-refractivity contribution in [1.82, 2.24) is 25.3 Å². The Hall–Kier alpha value is -0.480. The number of halogens is 2. The molecule has 2 aromatic rings. The highest BCUT2D eigenvalue weighted by Crippen LogP contribution is 2.18. The van der Waals surface area contributed by atoms with Gasteiger partial charge in [-0.15, -0.1) is 24.8 Å². The molecule has 1 unspecified atom stereocenters. The van der Waals surface area contributed by atoms with Crippen LogP contribution in [0.15, 0.2) is 17.6 Å². The number of nitrogens with zero attached hydrogens (tertiary/aromatic N) is 3. The van der Waals surface area contributed by atoms with Gasteiger partial charge in [0.2, 0.25) is 0 Å². The number of nitrogens with one attached hydrogen (secondary N) is 3. The number of imidazole rings is 2. The predicted molar refractivity (Wildman–Crippen MR) is 132 cm³/mol. The van der Waals surface area contributed by atoms with Crippen molar-refractivity contribution in [2.45, 2.75) is 37.5 Å². The molecule has 160 valence electrons. The van der Waals surface area contributed by atoms with Gasteiger partial charge in [0.1, 0.15) is 0 Å². The van der Waals surface area contributed by atoms with Crippen molar-refractivity contribution < 1.29 is 0 Å². The summed E-state index contributed by atoms with van der Waals surface area (Å²) in [5.41, 5.74) is 4.60. The maximum Gasteiger partial charge on any atom is 0.156 e. The standard InChI is InChI=1S/C17H28N6S3.2ClH/c1-12(26-9-16-14(3)21-11-23-16)7-19-17(24-4)18-5-6-25-8-15-13(2)20-10-22-15;;/h10-12H,5-9H2,1-4H3,(H,18,19)(H,20,22)(H,21,23);2*1H. The lowest BCUT2D eigenvalue weighted by molar-refractivity contribution is 0.922. The molecule has 0 aliphatic rings.